The molecule has 0 aliphatic carbocycles. The highest BCUT2D eigenvalue weighted by Gasteiger charge is 2.19. The molecule has 0 bridgehead atoms. The zero-order chi connectivity index (χ0) is 24.2. The number of para-hydroxylation sites is 1. The Balaban J connectivity index is 1.57. The number of nitrogens with zero attached hydrogens (tertiary/aromatic N) is 2. The second kappa shape index (κ2) is 10.1. The van der Waals surface area contributed by atoms with E-state index in [1.807, 2.05) is 18.2 Å². The molecular weight excluding hydrogens is 454 g/mol. The number of fused-ring (bicyclic) bond motifs is 3. The van der Waals surface area contributed by atoms with E-state index in [9.17, 15) is 14.4 Å². The van der Waals surface area contributed by atoms with Crippen molar-refractivity contribution in [1.82, 2.24) is 9.55 Å². The van der Waals surface area contributed by atoms with Crippen LogP contribution in [0.4, 0.5) is 5.69 Å². The average Bonchev–Trinajstić information content (AvgIpc) is 3.21. The standard InChI is InChI=1S/C25H25N3O5S/c1-15(2)12-13-28-23(30)22-21(18-6-4-5-7-19(18)33-22)27-25(28)34-14-20(29)26-17-10-8-16(9-11-17)24(31)32-3/h4-11,15H,12-14H2,1-3H3,(H,26,29). The Hall–Kier alpha value is -3.59. The van der Waals surface area contributed by atoms with Crippen LogP contribution in [0.15, 0.2) is 62.9 Å². The topological polar surface area (TPSA) is 103 Å². The first-order chi connectivity index (χ1) is 16.4. The van der Waals surface area contributed by atoms with Gasteiger partial charge in [-0.15, -0.1) is 0 Å². The van der Waals surface area contributed by atoms with Crippen LogP contribution in [0.25, 0.3) is 22.1 Å². The lowest BCUT2D eigenvalue weighted by molar-refractivity contribution is -0.113. The maximum absolute atomic E-state index is 13.3. The molecule has 9 heteroatoms. The van der Waals surface area contributed by atoms with E-state index >= 15 is 0 Å². The summed E-state index contributed by atoms with van der Waals surface area (Å²) in [4.78, 5) is 42.1. The van der Waals surface area contributed by atoms with Gasteiger partial charge in [-0.25, -0.2) is 9.78 Å². The molecule has 4 aromatic rings. The molecule has 4 rings (SSSR count). The molecule has 0 spiro atoms. The van der Waals surface area contributed by atoms with Crippen LogP contribution in [0.1, 0.15) is 30.6 Å². The van der Waals surface area contributed by atoms with E-state index < -0.39 is 5.97 Å². The number of thioether (sulfide) groups is 1. The van der Waals surface area contributed by atoms with Crippen molar-refractivity contribution in [3.63, 3.8) is 0 Å². The van der Waals surface area contributed by atoms with Crippen LogP contribution >= 0.6 is 11.8 Å². The van der Waals surface area contributed by atoms with Gasteiger partial charge < -0.3 is 14.5 Å². The number of ether oxygens (including phenoxy) is 1. The van der Waals surface area contributed by atoms with E-state index in [0.29, 0.717) is 40.0 Å². The van der Waals surface area contributed by atoms with E-state index in [1.54, 1.807) is 34.9 Å². The summed E-state index contributed by atoms with van der Waals surface area (Å²) >= 11 is 1.20. The van der Waals surface area contributed by atoms with Crippen LogP contribution in [0.3, 0.4) is 0 Å². The number of carbonyl (C=O) groups is 2. The molecule has 34 heavy (non-hydrogen) atoms. The third-order valence-electron chi connectivity index (χ3n) is 5.30. The summed E-state index contributed by atoms with van der Waals surface area (Å²) in [5.41, 5.74) is 2.04. The van der Waals surface area contributed by atoms with Gasteiger partial charge in [-0.1, -0.05) is 37.7 Å². The summed E-state index contributed by atoms with van der Waals surface area (Å²) in [6, 6.07) is 13.8. The van der Waals surface area contributed by atoms with Crippen LogP contribution in [0.5, 0.6) is 0 Å². The number of nitrogens with one attached hydrogen (secondary N) is 1. The molecule has 8 nitrogen and oxygen atoms in total. The van der Waals surface area contributed by atoms with E-state index in [-0.39, 0.29) is 22.8 Å². The fraction of sp³-hybridized carbons (Fsp3) is 0.280. The highest BCUT2D eigenvalue weighted by molar-refractivity contribution is 7.99. The number of hydrogen-bond acceptors (Lipinski definition) is 7. The van der Waals surface area contributed by atoms with Crippen LogP contribution in [0.2, 0.25) is 0 Å². The zero-order valence-electron chi connectivity index (χ0n) is 19.2. The molecule has 0 fully saturated rings. The molecule has 0 aliphatic rings. The molecule has 1 amide bonds. The molecular formula is C25H25N3O5S. The van der Waals surface area contributed by atoms with Crippen LogP contribution in [-0.2, 0) is 16.1 Å². The Kier molecular flexibility index (Phi) is 7.02. The monoisotopic (exact) mass is 479 g/mol. The van der Waals surface area contributed by atoms with Gasteiger partial charge in [0.05, 0.1) is 18.4 Å². The van der Waals surface area contributed by atoms with Gasteiger partial charge in [0, 0.05) is 17.6 Å². The predicted molar refractivity (Wildman–Crippen MR) is 132 cm³/mol. The number of methoxy groups -OCH3 is 1. The third kappa shape index (κ3) is 4.99. The number of anilines is 1. The van der Waals surface area contributed by atoms with Crippen LogP contribution in [-0.4, -0.2) is 34.3 Å². The van der Waals surface area contributed by atoms with Crippen molar-refractivity contribution in [3.05, 3.63) is 64.4 Å². The van der Waals surface area contributed by atoms with Gasteiger partial charge in [-0.05, 0) is 48.7 Å². The molecule has 0 saturated carbocycles. The number of aromatic nitrogens is 2. The Morgan fingerprint density at radius 1 is 1.15 bits per heavy atom. The third-order valence-corrected chi connectivity index (χ3v) is 6.28. The van der Waals surface area contributed by atoms with E-state index in [4.69, 9.17) is 9.40 Å². The lowest BCUT2D eigenvalue weighted by Gasteiger charge is -2.13. The minimum atomic E-state index is -0.443. The van der Waals surface area contributed by atoms with Gasteiger partial charge in [0.25, 0.3) is 5.56 Å². The minimum absolute atomic E-state index is 0.0637. The number of amides is 1. The van der Waals surface area contributed by atoms with Crippen LogP contribution < -0.4 is 10.9 Å². The molecule has 0 unspecified atom stereocenters. The van der Waals surface area contributed by atoms with Gasteiger partial charge >= 0.3 is 5.97 Å². The smallest absolute Gasteiger partial charge is 0.337 e. The second-order valence-electron chi connectivity index (χ2n) is 8.22. The minimum Gasteiger partial charge on any atom is -0.465 e. The summed E-state index contributed by atoms with van der Waals surface area (Å²) in [6.07, 6.45) is 0.791. The fourth-order valence-electron chi connectivity index (χ4n) is 3.48. The predicted octanol–water partition coefficient (Wildman–Crippen LogP) is 4.71. The Morgan fingerprint density at radius 3 is 2.59 bits per heavy atom. The molecule has 1 N–H and O–H groups in total. The first-order valence-electron chi connectivity index (χ1n) is 10.9. The van der Waals surface area contributed by atoms with E-state index in [1.165, 1.54) is 18.9 Å². The summed E-state index contributed by atoms with van der Waals surface area (Å²) in [5.74, 6) is -0.236. The van der Waals surface area contributed by atoms with Crippen molar-refractivity contribution in [2.24, 2.45) is 5.92 Å². The van der Waals surface area contributed by atoms with Crippen molar-refractivity contribution in [3.8, 4) is 0 Å². The van der Waals surface area contributed by atoms with Crippen molar-refractivity contribution < 1.29 is 18.7 Å². The number of esters is 1. The largest absolute Gasteiger partial charge is 0.465 e. The van der Waals surface area contributed by atoms with Gasteiger partial charge in [0.2, 0.25) is 11.5 Å². The lowest BCUT2D eigenvalue weighted by atomic mass is 10.1. The summed E-state index contributed by atoms with van der Waals surface area (Å²) in [7, 11) is 1.31. The maximum Gasteiger partial charge on any atom is 0.337 e. The number of furan rings is 1. The lowest BCUT2D eigenvalue weighted by Crippen LogP contribution is -2.24. The van der Waals surface area contributed by atoms with Crippen molar-refractivity contribution in [2.75, 3.05) is 18.2 Å². The molecule has 0 radical (unpaired) electrons. The number of carbonyl (C=O) groups excluding carboxylic acids is 2. The van der Waals surface area contributed by atoms with Crippen molar-refractivity contribution in [2.45, 2.75) is 32.0 Å². The van der Waals surface area contributed by atoms with Crippen molar-refractivity contribution >= 4 is 51.4 Å². The highest BCUT2D eigenvalue weighted by Crippen LogP contribution is 2.27. The Morgan fingerprint density at radius 2 is 1.88 bits per heavy atom. The number of benzene rings is 2. The molecule has 2 aromatic heterocycles. The molecule has 0 saturated heterocycles. The maximum atomic E-state index is 13.3. The van der Waals surface area contributed by atoms with E-state index in [2.05, 4.69) is 23.9 Å². The molecule has 2 aromatic carbocycles. The summed E-state index contributed by atoms with van der Waals surface area (Å²) in [6.45, 7) is 4.66. The summed E-state index contributed by atoms with van der Waals surface area (Å²) in [5, 5.41) is 4.04. The van der Waals surface area contributed by atoms with Gasteiger partial charge in [0.15, 0.2) is 5.16 Å². The van der Waals surface area contributed by atoms with E-state index in [0.717, 1.165) is 11.8 Å². The molecule has 0 atom stereocenters. The van der Waals surface area contributed by atoms with Crippen LogP contribution in [0, 0.1) is 5.92 Å². The highest BCUT2D eigenvalue weighted by atomic mass is 32.2. The first-order valence-corrected chi connectivity index (χ1v) is 11.9. The Labute approximate surface area is 200 Å². The second-order valence-corrected chi connectivity index (χ2v) is 9.16. The van der Waals surface area contributed by atoms with Crippen molar-refractivity contribution in [1.29, 1.82) is 0 Å². The molecule has 0 aliphatic heterocycles. The van der Waals surface area contributed by atoms with Gasteiger partial charge in [-0.2, -0.15) is 0 Å². The average molecular weight is 480 g/mol. The first kappa shape index (κ1) is 23.6. The fourth-order valence-corrected chi connectivity index (χ4v) is 4.30. The van der Waals surface area contributed by atoms with Gasteiger partial charge in [0.1, 0.15) is 11.1 Å². The number of rotatable bonds is 8. The zero-order valence-corrected chi connectivity index (χ0v) is 20.0. The number of hydrogen-bond donors (Lipinski definition) is 1. The normalized spacial score (nSPS) is 11.3. The SMILES string of the molecule is COC(=O)c1ccc(NC(=O)CSc2nc3c(oc4ccccc43)c(=O)n2CCC(C)C)cc1. The quantitative estimate of drug-likeness (QED) is 0.222. The Bertz CT molecular complexity index is 1410. The molecule has 2 heterocycles. The van der Waals surface area contributed by atoms with Gasteiger partial charge in [-0.3, -0.25) is 14.2 Å². The summed E-state index contributed by atoms with van der Waals surface area (Å²) < 4.78 is 12.1. The molecule has 176 valence electrons.